The van der Waals surface area contributed by atoms with Gasteiger partial charge in [0, 0.05) is 28.5 Å². The van der Waals surface area contributed by atoms with E-state index in [9.17, 15) is 5.11 Å². The molecule has 0 saturated carbocycles. The van der Waals surface area contributed by atoms with E-state index < -0.39 is 0 Å². The molecule has 0 aliphatic heterocycles. The summed E-state index contributed by atoms with van der Waals surface area (Å²) < 4.78 is 0. The maximum absolute atomic E-state index is 11.3. The first kappa shape index (κ1) is 29.2. The molecule has 0 fully saturated rings. The quantitative estimate of drug-likeness (QED) is 0.119. The second-order valence-electron chi connectivity index (χ2n) is 11.4. The van der Waals surface area contributed by atoms with Gasteiger partial charge in [0.05, 0.1) is 5.88 Å². The number of hydrogen-bond donors (Lipinski definition) is 2. The number of rotatable bonds is 10. The molecule has 0 heterocycles. The Bertz CT molecular complexity index is 1230. The first-order valence-electron chi connectivity index (χ1n) is 13.1. The van der Waals surface area contributed by atoms with Crippen LogP contribution in [0.25, 0.3) is 0 Å². The van der Waals surface area contributed by atoms with Crippen LogP contribution >= 0.6 is 11.8 Å². The van der Waals surface area contributed by atoms with Crippen molar-refractivity contribution >= 4 is 34.5 Å². The number of nitrogens with one attached hydrogen (secondary N) is 1. The Morgan fingerprint density at radius 1 is 0.789 bits per heavy atom. The molecule has 4 heteroatoms. The number of anilines is 4. The molecule has 0 saturated heterocycles. The summed E-state index contributed by atoms with van der Waals surface area (Å²) >= 11 is 1.82. The number of thioether (sulfide) groups is 1. The number of benzene rings is 3. The van der Waals surface area contributed by atoms with Gasteiger partial charge in [0.2, 0.25) is 0 Å². The van der Waals surface area contributed by atoms with Crippen molar-refractivity contribution in [2.75, 3.05) is 21.8 Å². The Kier molecular flexibility index (Phi) is 9.93. The van der Waals surface area contributed by atoms with Gasteiger partial charge in [-0.15, -0.1) is 11.8 Å². The van der Waals surface area contributed by atoms with Crippen molar-refractivity contribution in [3.05, 3.63) is 121 Å². The van der Waals surface area contributed by atoms with Crippen LogP contribution in [0.2, 0.25) is 0 Å². The number of para-hydroxylation sites is 2. The zero-order valence-electron chi connectivity index (χ0n) is 23.7. The fraction of sp³-hybridized carbons (Fsp3) is 0.294. The summed E-state index contributed by atoms with van der Waals surface area (Å²) in [7, 11) is 0. The average Bonchev–Trinajstić information content (AvgIpc) is 2.87. The third-order valence-electron chi connectivity index (χ3n) is 6.27. The molecule has 3 aromatic rings. The Morgan fingerprint density at radius 3 is 1.84 bits per heavy atom. The largest absolute Gasteiger partial charge is 0.507 e. The molecule has 0 aromatic heterocycles. The molecule has 0 aliphatic carbocycles. The Labute approximate surface area is 234 Å². The highest BCUT2D eigenvalue weighted by Crippen LogP contribution is 2.38. The molecule has 0 spiro atoms. The fourth-order valence-electron chi connectivity index (χ4n) is 4.27. The Morgan fingerprint density at radius 2 is 1.32 bits per heavy atom. The van der Waals surface area contributed by atoms with Crippen LogP contribution in [-0.4, -0.2) is 16.7 Å². The van der Waals surface area contributed by atoms with Gasteiger partial charge in [-0.1, -0.05) is 96.7 Å². The predicted molar refractivity (Wildman–Crippen MR) is 169 cm³/mol. The van der Waals surface area contributed by atoms with E-state index in [2.05, 4.69) is 125 Å². The molecule has 200 valence electrons. The minimum atomic E-state index is -0.190. The van der Waals surface area contributed by atoms with E-state index >= 15 is 0 Å². The van der Waals surface area contributed by atoms with E-state index in [-0.39, 0.29) is 10.8 Å². The van der Waals surface area contributed by atoms with Gasteiger partial charge in [0.1, 0.15) is 5.76 Å². The number of nitrogens with zero attached hydrogens (tertiary/aromatic N) is 1. The van der Waals surface area contributed by atoms with Gasteiger partial charge in [-0.2, -0.15) is 0 Å². The Balaban J connectivity index is 1.80. The Hall–Kier alpha value is -3.37. The molecule has 38 heavy (non-hydrogen) atoms. The summed E-state index contributed by atoms with van der Waals surface area (Å²) in [5, 5.41) is 14.7. The number of aliphatic hydroxyl groups excluding tert-OH is 1. The zero-order valence-corrected chi connectivity index (χ0v) is 24.5. The molecule has 3 rings (SSSR count). The minimum absolute atomic E-state index is 0.186. The zero-order chi connectivity index (χ0) is 27.8. The first-order valence-corrected chi connectivity index (χ1v) is 14.3. The monoisotopic (exact) mass is 526 g/mol. The lowest BCUT2D eigenvalue weighted by Gasteiger charge is -2.29. The third-order valence-corrected chi connectivity index (χ3v) is 7.11. The maximum Gasteiger partial charge on any atom is 0.122 e. The van der Waals surface area contributed by atoms with Crippen LogP contribution in [0.15, 0.2) is 121 Å². The van der Waals surface area contributed by atoms with Crippen molar-refractivity contribution in [2.24, 2.45) is 10.8 Å². The molecule has 0 atom stereocenters. The lowest BCUT2D eigenvalue weighted by atomic mass is 9.78. The van der Waals surface area contributed by atoms with Crippen LogP contribution in [0.3, 0.4) is 0 Å². The van der Waals surface area contributed by atoms with Crippen LogP contribution in [0, 0.1) is 10.8 Å². The summed E-state index contributed by atoms with van der Waals surface area (Å²) in [5.74, 6) is 1.91. The molecular formula is C34H42N2OS. The van der Waals surface area contributed by atoms with Crippen LogP contribution in [0.4, 0.5) is 22.7 Å². The number of aliphatic hydroxyl groups is 1. The highest BCUT2D eigenvalue weighted by Gasteiger charge is 2.26. The standard InChI is InChI=1S/C34H42N2OS/c1-8-30(33(2,3)4)32(37)31(34(5,6)7)23-24-38-25-36(28-17-13-10-14-18-28)29-21-19-27(20-22-29)35-26-15-11-9-12-16-26/h8-23,35,37H,1,24-25H2,2-7H3/b31-23+,32-30-. The highest BCUT2D eigenvalue weighted by molar-refractivity contribution is 7.99. The van der Waals surface area contributed by atoms with E-state index in [1.807, 2.05) is 36.0 Å². The van der Waals surface area contributed by atoms with Gasteiger partial charge in [-0.05, 0) is 70.5 Å². The average molecular weight is 527 g/mol. The fourth-order valence-corrected chi connectivity index (χ4v) is 5.14. The molecule has 0 radical (unpaired) electrons. The van der Waals surface area contributed by atoms with Crippen molar-refractivity contribution in [2.45, 2.75) is 41.5 Å². The van der Waals surface area contributed by atoms with Crippen LogP contribution in [-0.2, 0) is 0 Å². The smallest absolute Gasteiger partial charge is 0.122 e. The molecule has 0 aliphatic rings. The normalized spacial score (nSPS) is 13.1. The predicted octanol–water partition coefficient (Wildman–Crippen LogP) is 10.3. The van der Waals surface area contributed by atoms with Gasteiger partial charge in [-0.3, -0.25) is 0 Å². The summed E-state index contributed by atoms with van der Waals surface area (Å²) in [6.45, 7) is 16.7. The summed E-state index contributed by atoms with van der Waals surface area (Å²) in [6.07, 6.45) is 3.96. The maximum atomic E-state index is 11.3. The van der Waals surface area contributed by atoms with Crippen molar-refractivity contribution in [3.8, 4) is 0 Å². The van der Waals surface area contributed by atoms with Crippen molar-refractivity contribution < 1.29 is 5.11 Å². The summed E-state index contributed by atoms with van der Waals surface area (Å²) in [4.78, 5) is 2.32. The van der Waals surface area contributed by atoms with Gasteiger partial charge in [-0.25, -0.2) is 0 Å². The summed E-state index contributed by atoms with van der Waals surface area (Å²) in [5.41, 5.74) is 5.86. The molecule has 3 aromatic carbocycles. The van der Waals surface area contributed by atoms with Crippen molar-refractivity contribution in [1.29, 1.82) is 0 Å². The van der Waals surface area contributed by atoms with E-state index in [1.54, 1.807) is 6.08 Å². The van der Waals surface area contributed by atoms with E-state index in [0.29, 0.717) is 5.76 Å². The lowest BCUT2D eigenvalue weighted by Crippen LogP contribution is -2.18. The minimum Gasteiger partial charge on any atom is -0.507 e. The third kappa shape index (κ3) is 8.06. The van der Waals surface area contributed by atoms with E-state index in [1.165, 1.54) is 0 Å². The summed E-state index contributed by atoms with van der Waals surface area (Å²) in [6, 6.07) is 29.2. The molecular weight excluding hydrogens is 484 g/mol. The second-order valence-corrected chi connectivity index (χ2v) is 12.4. The van der Waals surface area contributed by atoms with Crippen LogP contribution < -0.4 is 10.2 Å². The van der Waals surface area contributed by atoms with E-state index in [4.69, 9.17) is 0 Å². The first-order chi connectivity index (χ1) is 18.0. The number of hydrogen-bond acceptors (Lipinski definition) is 4. The molecule has 0 bridgehead atoms. The highest BCUT2D eigenvalue weighted by atomic mass is 32.2. The van der Waals surface area contributed by atoms with Crippen molar-refractivity contribution in [1.82, 2.24) is 0 Å². The van der Waals surface area contributed by atoms with Gasteiger partial charge >= 0.3 is 0 Å². The van der Waals surface area contributed by atoms with Crippen LogP contribution in [0.5, 0.6) is 0 Å². The van der Waals surface area contributed by atoms with E-state index in [0.717, 1.165) is 45.5 Å². The lowest BCUT2D eigenvalue weighted by molar-refractivity contribution is 0.356. The number of allylic oxidation sites excluding steroid dienone is 3. The second kappa shape index (κ2) is 12.9. The molecule has 0 amide bonds. The van der Waals surface area contributed by atoms with Gasteiger partial charge in [0.15, 0.2) is 0 Å². The SMILES string of the molecule is C=C/C(=C(O)\C(=C/CSCN(c1ccccc1)c1ccc(Nc2ccccc2)cc1)C(C)(C)C)C(C)(C)C. The van der Waals surface area contributed by atoms with Gasteiger partial charge < -0.3 is 15.3 Å². The molecule has 0 unspecified atom stereocenters. The topological polar surface area (TPSA) is 35.5 Å². The van der Waals surface area contributed by atoms with Crippen molar-refractivity contribution in [3.63, 3.8) is 0 Å². The van der Waals surface area contributed by atoms with Gasteiger partial charge in [0.25, 0.3) is 0 Å². The molecule has 3 nitrogen and oxygen atoms in total. The van der Waals surface area contributed by atoms with Crippen LogP contribution in [0.1, 0.15) is 41.5 Å². The molecule has 2 N–H and O–H groups in total.